The quantitative estimate of drug-likeness (QED) is 0.534. The van der Waals surface area contributed by atoms with Crippen LogP contribution in [-0.2, 0) is 17.1 Å². The minimum Gasteiger partial charge on any atom is -0.344 e. The summed E-state index contributed by atoms with van der Waals surface area (Å²) in [4.78, 5) is 14.9. The van der Waals surface area contributed by atoms with Gasteiger partial charge < -0.3 is 9.88 Å². The zero-order valence-electron chi connectivity index (χ0n) is 14.8. The highest BCUT2D eigenvalue weighted by atomic mass is 35.5. The summed E-state index contributed by atoms with van der Waals surface area (Å²) in [6.45, 7) is 7.63. The number of aryl methyl sites for hydroxylation is 1. The highest BCUT2D eigenvalue weighted by Gasteiger charge is 2.40. The molecule has 2 aromatic rings. The van der Waals surface area contributed by atoms with Crippen LogP contribution in [-0.4, -0.2) is 31.1 Å². The summed E-state index contributed by atoms with van der Waals surface area (Å²) < 4.78 is 78.2. The van der Waals surface area contributed by atoms with Gasteiger partial charge in [-0.2, -0.15) is 17.9 Å². The number of carbonyl (C=O) groups excluding carboxylic acids is 1. The van der Waals surface area contributed by atoms with E-state index in [-0.39, 0.29) is 17.1 Å². The zero-order valence-corrected chi connectivity index (χ0v) is 16.4. The number of rotatable bonds is 5. The van der Waals surface area contributed by atoms with Crippen LogP contribution in [0.1, 0.15) is 17.4 Å². The largest absolute Gasteiger partial charge is 0.404 e. The lowest BCUT2D eigenvalue weighted by atomic mass is 10.2. The number of amides is 1. The molecule has 13 heteroatoms. The molecular formula is C16H13ClF4N4O3S. The van der Waals surface area contributed by atoms with E-state index in [0.717, 1.165) is 29.0 Å². The molecule has 2 N–H and O–H groups in total. The van der Waals surface area contributed by atoms with E-state index in [1.165, 1.54) is 11.8 Å². The average molecular weight is 453 g/mol. The van der Waals surface area contributed by atoms with Crippen LogP contribution < -0.4 is 10.0 Å². The van der Waals surface area contributed by atoms with Crippen molar-refractivity contribution in [1.29, 1.82) is 0 Å². The minimum absolute atomic E-state index is 0.0584. The minimum atomic E-state index is -4.83. The average Bonchev–Trinajstić information content (AvgIpc) is 2.90. The Kier molecular flexibility index (Phi) is 6.27. The third-order valence-corrected chi connectivity index (χ3v) is 5.79. The van der Waals surface area contributed by atoms with Crippen molar-refractivity contribution in [2.24, 2.45) is 7.05 Å². The van der Waals surface area contributed by atoms with Crippen molar-refractivity contribution in [1.82, 2.24) is 9.29 Å². The second-order valence-corrected chi connectivity index (χ2v) is 7.94. The number of nitrogens with one attached hydrogen (secondary N) is 2. The van der Waals surface area contributed by atoms with Gasteiger partial charge in [0.15, 0.2) is 0 Å². The van der Waals surface area contributed by atoms with Crippen LogP contribution in [0.3, 0.4) is 0 Å². The fourth-order valence-electron chi connectivity index (χ4n) is 2.26. The SMILES string of the molecule is [C-]#[N+]c1cc(F)ccc1NC(=O)c1c(Cl)c(S(=O)(=O)N[C@H](C)C(F)(F)F)cn1C. The first kappa shape index (κ1) is 22.7. The maximum atomic E-state index is 13.2. The summed E-state index contributed by atoms with van der Waals surface area (Å²) in [6.07, 6.45) is -3.95. The standard InChI is InChI=1S/C16H13ClF4N4O3S/c1-8(16(19,20)21)24-29(27,28)12-7-25(3)14(13(12)17)15(26)23-10-5-4-9(18)6-11(10)22-2/h4-8,24H,1,3H3,(H,23,26)/t8-/m1/s1. The van der Waals surface area contributed by atoms with E-state index in [4.69, 9.17) is 18.2 Å². The van der Waals surface area contributed by atoms with Gasteiger partial charge in [-0.1, -0.05) is 11.6 Å². The molecule has 0 bridgehead atoms. The van der Waals surface area contributed by atoms with Crippen molar-refractivity contribution < 1.29 is 30.8 Å². The molecule has 0 aliphatic carbocycles. The van der Waals surface area contributed by atoms with Crippen LogP contribution in [0.15, 0.2) is 29.3 Å². The van der Waals surface area contributed by atoms with Crippen molar-refractivity contribution >= 4 is 38.9 Å². The molecule has 0 radical (unpaired) electrons. The molecule has 0 aliphatic heterocycles. The van der Waals surface area contributed by atoms with Crippen LogP contribution in [0.5, 0.6) is 0 Å². The van der Waals surface area contributed by atoms with Crippen molar-refractivity contribution in [2.75, 3.05) is 5.32 Å². The van der Waals surface area contributed by atoms with E-state index in [2.05, 4.69) is 10.2 Å². The molecular weight excluding hydrogens is 440 g/mol. The smallest absolute Gasteiger partial charge is 0.344 e. The number of anilines is 1. The Balaban J connectivity index is 2.39. The molecule has 156 valence electrons. The molecule has 0 fully saturated rings. The first-order chi connectivity index (χ1) is 13.3. The Bertz CT molecular complexity index is 1110. The maximum Gasteiger partial charge on any atom is 0.404 e. The number of alkyl halides is 3. The zero-order chi connectivity index (χ0) is 22.1. The number of nitrogens with zero attached hydrogens (tertiary/aromatic N) is 2. The van der Waals surface area contributed by atoms with Crippen molar-refractivity contribution in [2.45, 2.75) is 24.0 Å². The van der Waals surface area contributed by atoms with Gasteiger partial charge in [0.1, 0.15) is 22.4 Å². The van der Waals surface area contributed by atoms with Crippen LogP contribution in [0.2, 0.25) is 5.02 Å². The predicted molar refractivity (Wildman–Crippen MR) is 96.9 cm³/mol. The van der Waals surface area contributed by atoms with Gasteiger partial charge in [-0.25, -0.2) is 17.7 Å². The first-order valence-corrected chi connectivity index (χ1v) is 9.56. The lowest BCUT2D eigenvalue weighted by Crippen LogP contribution is -2.42. The molecule has 1 amide bonds. The molecule has 0 aliphatic rings. The number of carbonyl (C=O) groups is 1. The van der Waals surface area contributed by atoms with E-state index in [0.29, 0.717) is 6.92 Å². The van der Waals surface area contributed by atoms with E-state index >= 15 is 0 Å². The number of hydrogen-bond donors (Lipinski definition) is 2. The molecule has 0 spiro atoms. The lowest BCUT2D eigenvalue weighted by Gasteiger charge is -2.16. The molecule has 29 heavy (non-hydrogen) atoms. The molecule has 0 unspecified atom stereocenters. The van der Waals surface area contributed by atoms with Gasteiger partial charge in [0, 0.05) is 18.9 Å². The summed E-state index contributed by atoms with van der Waals surface area (Å²) in [5, 5.41) is 1.68. The molecule has 0 saturated heterocycles. The Morgan fingerprint density at radius 2 is 1.97 bits per heavy atom. The number of halogens is 5. The third-order valence-electron chi connectivity index (χ3n) is 3.74. The summed E-state index contributed by atoms with van der Waals surface area (Å²) >= 11 is 5.97. The molecule has 1 heterocycles. The molecule has 1 atom stereocenters. The molecule has 1 aromatic carbocycles. The highest BCUT2D eigenvalue weighted by Crippen LogP contribution is 2.31. The van der Waals surface area contributed by atoms with Crippen molar-refractivity contribution in [3.63, 3.8) is 0 Å². The summed E-state index contributed by atoms with van der Waals surface area (Å²) in [5.74, 6) is -1.65. The van der Waals surface area contributed by atoms with Gasteiger partial charge in [-0.15, -0.1) is 0 Å². The van der Waals surface area contributed by atoms with E-state index < -0.39 is 43.9 Å². The van der Waals surface area contributed by atoms with Gasteiger partial charge in [0.2, 0.25) is 15.7 Å². The Hall–Kier alpha value is -2.62. The van der Waals surface area contributed by atoms with Gasteiger partial charge in [0.25, 0.3) is 5.91 Å². The highest BCUT2D eigenvalue weighted by molar-refractivity contribution is 7.89. The van der Waals surface area contributed by atoms with E-state index in [1.54, 1.807) is 0 Å². The first-order valence-electron chi connectivity index (χ1n) is 7.70. The van der Waals surface area contributed by atoms with Gasteiger partial charge in [0.05, 0.1) is 11.6 Å². The maximum absolute atomic E-state index is 13.2. The molecule has 2 rings (SSSR count). The Morgan fingerprint density at radius 1 is 1.34 bits per heavy atom. The van der Waals surface area contributed by atoms with Gasteiger partial charge in [-0.05, 0) is 25.1 Å². The van der Waals surface area contributed by atoms with E-state index in [1.807, 2.05) is 0 Å². The van der Waals surface area contributed by atoms with Crippen molar-refractivity contribution in [3.8, 4) is 0 Å². The number of aromatic nitrogens is 1. The summed E-state index contributed by atoms with van der Waals surface area (Å²) in [6, 6.07) is 0.617. The second-order valence-electron chi connectivity index (χ2n) is 5.88. The van der Waals surface area contributed by atoms with Crippen molar-refractivity contribution in [3.05, 3.63) is 52.3 Å². The monoisotopic (exact) mass is 452 g/mol. The van der Waals surface area contributed by atoms with Gasteiger partial charge in [-0.3, -0.25) is 4.79 Å². The van der Waals surface area contributed by atoms with Crippen LogP contribution >= 0.6 is 11.6 Å². The van der Waals surface area contributed by atoms with E-state index in [9.17, 15) is 30.8 Å². The summed E-state index contributed by atoms with van der Waals surface area (Å²) in [5.41, 5.74) is -0.652. The summed E-state index contributed by atoms with van der Waals surface area (Å²) in [7, 11) is -3.44. The van der Waals surface area contributed by atoms with Gasteiger partial charge >= 0.3 is 6.18 Å². The topological polar surface area (TPSA) is 84.6 Å². The molecule has 1 aromatic heterocycles. The molecule has 0 saturated carbocycles. The van der Waals surface area contributed by atoms with Crippen LogP contribution in [0, 0.1) is 12.4 Å². The third kappa shape index (κ3) is 4.87. The lowest BCUT2D eigenvalue weighted by molar-refractivity contribution is -0.147. The number of hydrogen-bond acceptors (Lipinski definition) is 3. The predicted octanol–water partition coefficient (Wildman–Crippen LogP) is 3.85. The molecule has 7 nitrogen and oxygen atoms in total. The number of benzene rings is 1. The number of sulfonamides is 1. The van der Waals surface area contributed by atoms with Crippen LogP contribution in [0.4, 0.5) is 28.9 Å². The van der Waals surface area contributed by atoms with Crippen LogP contribution in [0.25, 0.3) is 4.85 Å². The normalized spacial score (nSPS) is 13.0. The second kappa shape index (κ2) is 8.02. The fourth-order valence-corrected chi connectivity index (χ4v) is 4.19. The fraction of sp³-hybridized carbons (Fsp3) is 0.250. The Labute approximate surface area is 168 Å². The Morgan fingerprint density at radius 3 is 2.52 bits per heavy atom.